The molecule has 2 aliphatic rings. The highest BCUT2D eigenvalue weighted by Crippen LogP contribution is 2.24. The third kappa shape index (κ3) is 2.30. The van der Waals surface area contributed by atoms with Gasteiger partial charge in [0.05, 0.1) is 24.9 Å². The highest BCUT2D eigenvalue weighted by Gasteiger charge is 2.29. The van der Waals surface area contributed by atoms with Crippen molar-refractivity contribution in [3.05, 3.63) is 29.6 Å². The second-order valence-electron chi connectivity index (χ2n) is 5.23. The zero-order chi connectivity index (χ0) is 13.2. The van der Waals surface area contributed by atoms with Crippen LogP contribution in [-0.2, 0) is 17.9 Å². The van der Waals surface area contributed by atoms with E-state index in [1.807, 2.05) is 21.7 Å². The first-order valence-electron chi connectivity index (χ1n) is 6.91. The molecule has 1 aliphatic carbocycles. The third-order valence-corrected chi connectivity index (χ3v) is 4.04. The summed E-state index contributed by atoms with van der Waals surface area (Å²) in [6, 6.07) is 1.85. The highest BCUT2D eigenvalue weighted by atomic mass is 16.3. The number of hydrogen-bond acceptors (Lipinski definition) is 3. The topological polar surface area (TPSA) is 58.4 Å². The molecule has 0 saturated heterocycles. The summed E-state index contributed by atoms with van der Waals surface area (Å²) in [7, 11) is 0. The molecule has 0 radical (unpaired) electrons. The summed E-state index contributed by atoms with van der Waals surface area (Å²) >= 11 is 0. The predicted octanol–water partition coefficient (Wildman–Crippen LogP) is 1.09. The van der Waals surface area contributed by atoms with Gasteiger partial charge in [0.2, 0.25) is 5.91 Å². The first-order valence-corrected chi connectivity index (χ1v) is 6.91. The lowest BCUT2D eigenvalue weighted by Crippen LogP contribution is -2.41. The smallest absolute Gasteiger partial charge is 0.250 e. The van der Waals surface area contributed by atoms with Crippen LogP contribution in [0.25, 0.3) is 0 Å². The van der Waals surface area contributed by atoms with Gasteiger partial charge in [-0.3, -0.25) is 9.48 Å². The summed E-state index contributed by atoms with van der Waals surface area (Å²) in [6.07, 6.45) is 7.50. The van der Waals surface area contributed by atoms with Crippen LogP contribution in [0.4, 0.5) is 0 Å². The van der Waals surface area contributed by atoms with Crippen LogP contribution in [0.2, 0.25) is 0 Å². The standard InChI is InChI=1S/C14H19N3O2/c18-10-13-6-8-17-12(5-7-15-17)9-16(13)14(19)11-3-1-2-4-11/h3,5,7,13,18H,1-2,4,6,8-10H2/t13-/m1/s1. The summed E-state index contributed by atoms with van der Waals surface area (Å²) < 4.78 is 1.93. The molecule has 1 N–H and O–H groups in total. The van der Waals surface area contributed by atoms with Crippen molar-refractivity contribution in [3.63, 3.8) is 0 Å². The number of nitrogens with zero attached hydrogens (tertiary/aromatic N) is 3. The Labute approximate surface area is 112 Å². The number of carbonyl (C=O) groups is 1. The fourth-order valence-electron chi connectivity index (χ4n) is 2.90. The quantitative estimate of drug-likeness (QED) is 0.867. The van der Waals surface area contributed by atoms with Crippen molar-refractivity contribution in [2.24, 2.45) is 0 Å². The van der Waals surface area contributed by atoms with Crippen LogP contribution in [0.5, 0.6) is 0 Å². The van der Waals surface area contributed by atoms with Gasteiger partial charge in [-0.05, 0) is 31.7 Å². The monoisotopic (exact) mass is 261 g/mol. The van der Waals surface area contributed by atoms with Gasteiger partial charge in [-0.1, -0.05) is 6.08 Å². The average Bonchev–Trinajstić information content (AvgIpc) is 3.06. The molecule has 0 saturated carbocycles. The molecule has 1 amide bonds. The fraction of sp³-hybridized carbons (Fsp3) is 0.571. The van der Waals surface area contributed by atoms with E-state index in [0.29, 0.717) is 6.54 Å². The molecule has 1 atom stereocenters. The minimum atomic E-state index is -0.101. The van der Waals surface area contributed by atoms with E-state index in [2.05, 4.69) is 5.10 Å². The van der Waals surface area contributed by atoms with E-state index in [1.54, 1.807) is 6.20 Å². The van der Waals surface area contributed by atoms with Gasteiger partial charge in [0.25, 0.3) is 0 Å². The Morgan fingerprint density at radius 1 is 1.53 bits per heavy atom. The van der Waals surface area contributed by atoms with E-state index < -0.39 is 0 Å². The molecule has 0 bridgehead atoms. The lowest BCUT2D eigenvalue weighted by Gasteiger charge is -2.28. The number of rotatable bonds is 2. The lowest BCUT2D eigenvalue weighted by molar-refractivity contribution is -0.131. The molecule has 102 valence electrons. The number of aliphatic hydroxyl groups excluding tert-OH is 1. The summed E-state index contributed by atoms with van der Waals surface area (Å²) in [5.74, 6) is 0.0891. The van der Waals surface area contributed by atoms with Gasteiger partial charge in [0.15, 0.2) is 0 Å². The number of aliphatic hydroxyl groups is 1. The Kier molecular flexibility index (Phi) is 3.38. The van der Waals surface area contributed by atoms with Gasteiger partial charge in [0, 0.05) is 18.3 Å². The van der Waals surface area contributed by atoms with Gasteiger partial charge in [-0.25, -0.2) is 0 Å². The molecule has 19 heavy (non-hydrogen) atoms. The minimum absolute atomic E-state index is 0.0177. The van der Waals surface area contributed by atoms with Crippen molar-refractivity contribution < 1.29 is 9.90 Å². The summed E-state index contributed by atoms with van der Waals surface area (Å²) in [5, 5.41) is 13.8. The average molecular weight is 261 g/mol. The van der Waals surface area contributed by atoms with E-state index in [1.165, 1.54) is 0 Å². The van der Waals surface area contributed by atoms with Crippen LogP contribution in [0.3, 0.4) is 0 Å². The molecule has 2 heterocycles. The number of aromatic nitrogens is 2. The molecule has 0 aromatic carbocycles. The molecule has 0 unspecified atom stereocenters. The van der Waals surface area contributed by atoms with E-state index in [9.17, 15) is 9.90 Å². The van der Waals surface area contributed by atoms with Crippen molar-refractivity contribution in [1.29, 1.82) is 0 Å². The minimum Gasteiger partial charge on any atom is -0.394 e. The summed E-state index contributed by atoms with van der Waals surface area (Å²) in [5.41, 5.74) is 1.95. The van der Waals surface area contributed by atoms with Crippen molar-refractivity contribution in [2.45, 2.75) is 44.8 Å². The Hall–Kier alpha value is -1.62. The van der Waals surface area contributed by atoms with Crippen LogP contribution >= 0.6 is 0 Å². The van der Waals surface area contributed by atoms with Crippen molar-refractivity contribution in [3.8, 4) is 0 Å². The third-order valence-electron chi connectivity index (χ3n) is 4.04. The number of amides is 1. The Bertz CT molecular complexity index is 507. The van der Waals surface area contributed by atoms with Crippen LogP contribution in [0, 0.1) is 0 Å². The van der Waals surface area contributed by atoms with Crippen LogP contribution in [-0.4, -0.2) is 38.3 Å². The van der Waals surface area contributed by atoms with Crippen molar-refractivity contribution in [2.75, 3.05) is 6.61 Å². The lowest BCUT2D eigenvalue weighted by atomic mass is 10.1. The molecular formula is C14H19N3O2. The summed E-state index contributed by atoms with van der Waals surface area (Å²) in [4.78, 5) is 14.4. The van der Waals surface area contributed by atoms with Crippen LogP contribution < -0.4 is 0 Å². The molecule has 1 aliphatic heterocycles. The number of carbonyl (C=O) groups excluding carboxylic acids is 1. The first-order chi connectivity index (χ1) is 9.29. The van der Waals surface area contributed by atoms with E-state index >= 15 is 0 Å². The molecule has 0 fully saturated rings. The van der Waals surface area contributed by atoms with Gasteiger partial charge in [-0.15, -0.1) is 0 Å². The van der Waals surface area contributed by atoms with Crippen molar-refractivity contribution >= 4 is 5.91 Å². The fourth-order valence-corrected chi connectivity index (χ4v) is 2.90. The molecule has 1 aromatic heterocycles. The number of fused-ring (bicyclic) bond motifs is 1. The second kappa shape index (κ2) is 5.17. The van der Waals surface area contributed by atoms with Gasteiger partial charge < -0.3 is 10.0 Å². The van der Waals surface area contributed by atoms with Crippen molar-refractivity contribution in [1.82, 2.24) is 14.7 Å². The number of hydrogen-bond donors (Lipinski definition) is 1. The second-order valence-corrected chi connectivity index (χ2v) is 5.23. The molecular weight excluding hydrogens is 242 g/mol. The maximum Gasteiger partial charge on any atom is 0.250 e. The van der Waals surface area contributed by atoms with Gasteiger partial charge in [-0.2, -0.15) is 5.10 Å². The number of aryl methyl sites for hydroxylation is 1. The molecule has 5 heteroatoms. The molecule has 3 rings (SSSR count). The first kappa shape index (κ1) is 12.4. The van der Waals surface area contributed by atoms with Crippen LogP contribution in [0.15, 0.2) is 23.9 Å². The zero-order valence-corrected chi connectivity index (χ0v) is 11.0. The van der Waals surface area contributed by atoms with Gasteiger partial charge in [0.1, 0.15) is 0 Å². The maximum absolute atomic E-state index is 12.6. The largest absolute Gasteiger partial charge is 0.394 e. The number of allylic oxidation sites excluding steroid dienone is 1. The summed E-state index contributed by atoms with van der Waals surface area (Å²) in [6.45, 7) is 1.32. The Morgan fingerprint density at radius 3 is 3.16 bits per heavy atom. The van der Waals surface area contributed by atoms with Gasteiger partial charge >= 0.3 is 0 Å². The maximum atomic E-state index is 12.6. The normalized spacial score (nSPS) is 22.9. The van der Waals surface area contributed by atoms with E-state index in [-0.39, 0.29) is 18.6 Å². The SMILES string of the molecule is O=C(C1=CCCC1)N1Cc2ccnn2CC[C@@H]1CO. The molecule has 0 spiro atoms. The van der Waals surface area contributed by atoms with Crippen LogP contribution in [0.1, 0.15) is 31.4 Å². The highest BCUT2D eigenvalue weighted by molar-refractivity contribution is 5.94. The van der Waals surface area contributed by atoms with E-state index in [4.69, 9.17) is 0 Å². The zero-order valence-electron chi connectivity index (χ0n) is 11.0. The molecule has 1 aromatic rings. The van der Waals surface area contributed by atoms with E-state index in [0.717, 1.165) is 43.5 Å². The molecule has 5 nitrogen and oxygen atoms in total. The Balaban J connectivity index is 1.86. The predicted molar refractivity (Wildman–Crippen MR) is 70.2 cm³/mol. The Morgan fingerprint density at radius 2 is 2.42 bits per heavy atom.